The number of ether oxygens (including phenoxy) is 1. The van der Waals surface area contributed by atoms with Gasteiger partial charge in [-0.05, 0) is 30.0 Å². The van der Waals surface area contributed by atoms with Gasteiger partial charge in [-0.25, -0.2) is 4.98 Å². The molecule has 0 atom stereocenters. The van der Waals surface area contributed by atoms with Crippen molar-refractivity contribution in [2.24, 2.45) is 0 Å². The van der Waals surface area contributed by atoms with E-state index in [-0.39, 0.29) is 5.91 Å². The van der Waals surface area contributed by atoms with E-state index in [9.17, 15) is 4.79 Å². The van der Waals surface area contributed by atoms with Crippen molar-refractivity contribution in [3.63, 3.8) is 0 Å². The van der Waals surface area contributed by atoms with E-state index in [2.05, 4.69) is 10.3 Å². The first-order valence-electron chi connectivity index (χ1n) is 7.19. The van der Waals surface area contributed by atoms with Crippen LogP contribution in [-0.2, 0) is 0 Å². The molecule has 0 bridgehead atoms. The number of benzene rings is 1. The highest BCUT2D eigenvalue weighted by atomic mass is 32.1. The smallest absolute Gasteiger partial charge is 0.270 e. The van der Waals surface area contributed by atoms with E-state index in [1.165, 1.54) is 11.3 Å². The zero-order chi connectivity index (χ0) is 16.1. The van der Waals surface area contributed by atoms with Crippen LogP contribution in [0, 0.1) is 6.92 Å². The molecular weight excluding hydrogens is 328 g/mol. The summed E-state index contributed by atoms with van der Waals surface area (Å²) in [5, 5.41) is 9.50. The van der Waals surface area contributed by atoms with Gasteiger partial charge in [0.05, 0.1) is 6.54 Å². The molecule has 118 valence electrons. The lowest BCUT2D eigenvalue weighted by atomic mass is 10.2. The van der Waals surface area contributed by atoms with Gasteiger partial charge in [0.1, 0.15) is 23.1 Å². The molecule has 23 heavy (non-hydrogen) atoms. The summed E-state index contributed by atoms with van der Waals surface area (Å²) in [4.78, 5) is 16.5. The van der Waals surface area contributed by atoms with E-state index in [4.69, 9.17) is 4.74 Å². The Labute approximate surface area is 142 Å². The minimum absolute atomic E-state index is 0.170. The Morgan fingerprint density at radius 2 is 2.13 bits per heavy atom. The highest BCUT2D eigenvalue weighted by Gasteiger charge is 2.11. The molecule has 0 aliphatic heterocycles. The number of hydrogen-bond acceptors (Lipinski definition) is 5. The third-order valence-electron chi connectivity index (χ3n) is 3.24. The summed E-state index contributed by atoms with van der Waals surface area (Å²) >= 11 is 3.09. The fourth-order valence-electron chi connectivity index (χ4n) is 2.03. The van der Waals surface area contributed by atoms with Gasteiger partial charge < -0.3 is 10.1 Å². The Hall–Kier alpha value is -2.18. The van der Waals surface area contributed by atoms with Crippen molar-refractivity contribution in [1.82, 2.24) is 10.3 Å². The molecule has 2 aromatic heterocycles. The summed E-state index contributed by atoms with van der Waals surface area (Å²) < 4.78 is 5.66. The van der Waals surface area contributed by atoms with Crippen molar-refractivity contribution in [3.05, 3.63) is 57.7 Å². The zero-order valence-electron chi connectivity index (χ0n) is 12.6. The number of amides is 1. The third-order valence-corrected chi connectivity index (χ3v) is 4.82. The first kappa shape index (κ1) is 15.7. The molecule has 0 spiro atoms. The summed E-state index contributed by atoms with van der Waals surface area (Å²) in [6.45, 7) is 2.87. The molecule has 0 fully saturated rings. The lowest BCUT2D eigenvalue weighted by Gasteiger charge is -2.09. The van der Waals surface area contributed by atoms with E-state index in [0.29, 0.717) is 18.8 Å². The monoisotopic (exact) mass is 344 g/mol. The Kier molecular flexibility index (Phi) is 5.05. The fourth-order valence-corrected chi connectivity index (χ4v) is 3.54. The van der Waals surface area contributed by atoms with Crippen LogP contribution in [0.3, 0.4) is 0 Å². The molecule has 1 aromatic carbocycles. The van der Waals surface area contributed by atoms with E-state index >= 15 is 0 Å². The molecule has 1 N–H and O–H groups in total. The minimum atomic E-state index is -0.170. The lowest BCUT2D eigenvalue weighted by molar-refractivity contribution is 0.0943. The van der Waals surface area contributed by atoms with E-state index < -0.39 is 0 Å². The van der Waals surface area contributed by atoms with Crippen LogP contribution in [-0.4, -0.2) is 24.0 Å². The third kappa shape index (κ3) is 3.97. The molecule has 0 saturated carbocycles. The number of aryl methyl sites for hydroxylation is 1. The highest BCUT2D eigenvalue weighted by Crippen LogP contribution is 2.25. The van der Waals surface area contributed by atoms with Crippen LogP contribution >= 0.6 is 22.7 Å². The first-order valence-corrected chi connectivity index (χ1v) is 9.01. The average Bonchev–Trinajstić information content (AvgIpc) is 3.23. The SMILES string of the molecule is Cc1ccccc1OCCNC(=O)c1csc(-c2ccsc2)n1. The van der Waals surface area contributed by atoms with Gasteiger partial charge in [0.2, 0.25) is 0 Å². The first-order chi connectivity index (χ1) is 11.2. The number of thiophene rings is 1. The van der Waals surface area contributed by atoms with E-state index in [0.717, 1.165) is 21.9 Å². The van der Waals surface area contributed by atoms with Gasteiger partial charge in [0, 0.05) is 16.3 Å². The van der Waals surface area contributed by atoms with Crippen LogP contribution in [0.4, 0.5) is 0 Å². The number of aromatic nitrogens is 1. The molecule has 3 rings (SSSR count). The maximum atomic E-state index is 12.1. The summed E-state index contributed by atoms with van der Waals surface area (Å²) in [5.41, 5.74) is 2.59. The quantitative estimate of drug-likeness (QED) is 0.688. The van der Waals surface area contributed by atoms with Crippen molar-refractivity contribution in [2.75, 3.05) is 13.2 Å². The number of para-hydroxylation sites is 1. The molecule has 4 nitrogen and oxygen atoms in total. The average molecular weight is 344 g/mol. The number of nitrogens with one attached hydrogen (secondary N) is 1. The Morgan fingerprint density at radius 1 is 1.26 bits per heavy atom. The molecule has 0 radical (unpaired) electrons. The minimum Gasteiger partial charge on any atom is -0.491 e. The second-order valence-electron chi connectivity index (χ2n) is 4.92. The topological polar surface area (TPSA) is 51.2 Å². The van der Waals surface area contributed by atoms with Crippen LogP contribution in [0.2, 0.25) is 0 Å². The number of rotatable bonds is 6. The van der Waals surface area contributed by atoms with Crippen LogP contribution in [0.15, 0.2) is 46.5 Å². The molecule has 0 aliphatic rings. The molecule has 0 saturated heterocycles. The fraction of sp³-hybridized carbons (Fsp3) is 0.176. The summed E-state index contributed by atoms with van der Waals surface area (Å²) in [7, 11) is 0. The van der Waals surface area contributed by atoms with Gasteiger partial charge >= 0.3 is 0 Å². The number of carbonyl (C=O) groups is 1. The van der Waals surface area contributed by atoms with Crippen LogP contribution in [0.25, 0.3) is 10.6 Å². The van der Waals surface area contributed by atoms with Gasteiger partial charge in [-0.2, -0.15) is 11.3 Å². The Balaban J connectivity index is 1.49. The van der Waals surface area contributed by atoms with Gasteiger partial charge in [0.25, 0.3) is 5.91 Å². The van der Waals surface area contributed by atoms with Gasteiger partial charge in [-0.15, -0.1) is 11.3 Å². The van der Waals surface area contributed by atoms with Crippen molar-refractivity contribution in [2.45, 2.75) is 6.92 Å². The Morgan fingerprint density at radius 3 is 2.91 bits per heavy atom. The molecule has 6 heteroatoms. The van der Waals surface area contributed by atoms with Crippen molar-refractivity contribution in [3.8, 4) is 16.3 Å². The van der Waals surface area contributed by atoms with Crippen molar-refractivity contribution >= 4 is 28.6 Å². The Bertz CT molecular complexity index is 782. The summed E-state index contributed by atoms with van der Waals surface area (Å²) in [6.07, 6.45) is 0. The second-order valence-corrected chi connectivity index (χ2v) is 6.56. The standard InChI is InChI=1S/C17H16N2O2S2/c1-12-4-2-3-5-15(12)21-8-7-18-16(20)14-11-23-17(19-14)13-6-9-22-10-13/h2-6,9-11H,7-8H2,1H3,(H,18,20). The molecule has 1 amide bonds. The molecule has 0 unspecified atom stereocenters. The summed E-state index contributed by atoms with van der Waals surface area (Å²) in [5.74, 6) is 0.672. The van der Waals surface area contributed by atoms with Crippen molar-refractivity contribution in [1.29, 1.82) is 0 Å². The number of hydrogen-bond donors (Lipinski definition) is 1. The van der Waals surface area contributed by atoms with Crippen molar-refractivity contribution < 1.29 is 9.53 Å². The van der Waals surface area contributed by atoms with Gasteiger partial charge in [0.15, 0.2) is 0 Å². The zero-order valence-corrected chi connectivity index (χ0v) is 14.2. The molecule has 2 heterocycles. The molecule has 0 aliphatic carbocycles. The lowest BCUT2D eigenvalue weighted by Crippen LogP contribution is -2.28. The summed E-state index contributed by atoms with van der Waals surface area (Å²) in [6, 6.07) is 9.82. The predicted octanol–water partition coefficient (Wildman–Crippen LogP) is 3.99. The molecule has 3 aromatic rings. The number of nitrogens with zero attached hydrogens (tertiary/aromatic N) is 1. The largest absolute Gasteiger partial charge is 0.491 e. The normalized spacial score (nSPS) is 10.5. The van der Waals surface area contributed by atoms with Gasteiger partial charge in [-0.3, -0.25) is 4.79 Å². The van der Waals surface area contributed by atoms with Gasteiger partial charge in [-0.1, -0.05) is 18.2 Å². The van der Waals surface area contributed by atoms with E-state index in [1.54, 1.807) is 16.7 Å². The molecular formula is C17H16N2O2S2. The number of carbonyl (C=O) groups excluding carboxylic acids is 1. The van der Waals surface area contributed by atoms with E-state index in [1.807, 2.05) is 48.0 Å². The number of thiazole rings is 1. The highest BCUT2D eigenvalue weighted by molar-refractivity contribution is 7.14. The van der Waals surface area contributed by atoms with Crippen LogP contribution in [0.1, 0.15) is 16.1 Å². The predicted molar refractivity (Wildman–Crippen MR) is 94.4 cm³/mol. The maximum absolute atomic E-state index is 12.1. The second kappa shape index (κ2) is 7.39. The van der Waals surface area contributed by atoms with Crippen LogP contribution < -0.4 is 10.1 Å². The maximum Gasteiger partial charge on any atom is 0.270 e. The van der Waals surface area contributed by atoms with Crippen LogP contribution in [0.5, 0.6) is 5.75 Å².